The number of carbonyl (C=O) groups is 1. The standard InChI is InChI=1S/C15H23N3O/c16-13-8-6-12(7-9-13)10-11-17-15(19)18-14-4-2-1-3-5-14/h6-9,14H,1-5,10-11,16H2,(H2,17,18,19). The Bertz CT molecular complexity index is 396. The van der Waals surface area contributed by atoms with Gasteiger partial charge in [0.1, 0.15) is 0 Å². The van der Waals surface area contributed by atoms with Crippen molar-refractivity contribution in [3.05, 3.63) is 29.8 Å². The molecule has 4 N–H and O–H groups in total. The fourth-order valence-corrected chi connectivity index (χ4v) is 2.49. The third kappa shape index (κ3) is 4.81. The van der Waals surface area contributed by atoms with Gasteiger partial charge < -0.3 is 16.4 Å². The summed E-state index contributed by atoms with van der Waals surface area (Å²) in [5.74, 6) is 0. The number of benzene rings is 1. The first-order valence-electron chi connectivity index (χ1n) is 7.13. The highest BCUT2D eigenvalue weighted by Gasteiger charge is 2.14. The molecule has 4 heteroatoms. The summed E-state index contributed by atoms with van der Waals surface area (Å²) in [7, 11) is 0. The number of anilines is 1. The van der Waals surface area contributed by atoms with E-state index in [9.17, 15) is 4.79 Å². The van der Waals surface area contributed by atoms with Crippen molar-refractivity contribution in [1.82, 2.24) is 10.6 Å². The number of hydrogen-bond acceptors (Lipinski definition) is 2. The Balaban J connectivity index is 1.64. The van der Waals surface area contributed by atoms with Crippen LogP contribution in [0.3, 0.4) is 0 Å². The van der Waals surface area contributed by atoms with Gasteiger partial charge in [0.15, 0.2) is 0 Å². The van der Waals surface area contributed by atoms with Gasteiger partial charge in [-0.2, -0.15) is 0 Å². The zero-order valence-electron chi connectivity index (χ0n) is 11.3. The van der Waals surface area contributed by atoms with E-state index in [0.717, 1.165) is 24.9 Å². The summed E-state index contributed by atoms with van der Waals surface area (Å²) in [6, 6.07) is 8.09. The van der Waals surface area contributed by atoms with E-state index in [2.05, 4.69) is 10.6 Å². The third-order valence-electron chi connectivity index (χ3n) is 3.62. The van der Waals surface area contributed by atoms with E-state index < -0.39 is 0 Å². The SMILES string of the molecule is Nc1ccc(CCNC(=O)NC2CCCCC2)cc1. The monoisotopic (exact) mass is 261 g/mol. The van der Waals surface area contributed by atoms with Crippen LogP contribution in [0.5, 0.6) is 0 Å². The van der Waals surface area contributed by atoms with E-state index >= 15 is 0 Å². The van der Waals surface area contributed by atoms with E-state index in [4.69, 9.17) is 5.73 Å². The molecule has 0 bridgehead atoms. The molecule has 104 valence electrons. The molecule has 0 aromatic heterocycles. The van der Waals surface area contributed by atoms with Crippen LogP contribution in [0.1, 0.15) is 37.7 Å². The first-order valence-corrected chi connectivity index (χ1v) is 7.13. The number of nitrogen functional groups attached to an aromatic ring is 1. The molecule has 1 fully saturated rings. The predicted molar refractivity (Wildman–Crippen MR) is 78.0 cm³/mol. The zero-order chi connectivity index (χ0) is 13.5. The van der Waals surface area contributed by atoms with Gasteiger partial charge in [-0.1, -0.05) is 31.4 Å². The Morgan fingerprint density at radius 2 is 1.84 bits per heavy atom. The van der Waals surface area contributed by atoms with E-state index in [-0.39, 0.29) is 6.03 Å². The molecule has 1 saturated carbocycles. The lowest BCUT2D eigenvalue weighted by Crippen LogP contribution is -2.43. The molecule has 0 atom stereocenters. The largest absolute Gasteiger partial charge is 0.399 e. The second kappa shape index (κ2) is 7.02. The van der Waals surface area contributed by atoms with Crippen LogP contribution in [0.25, 0.3) is 0 Å². The molecular weight excluding hydrogens is 238 g/mol. The van der Waals surface area contributed by atoms with Crippen LogP contribution in [0, 0.1) is 0 Å². The van der Waals surface area contributed by atoms with Gasteiger partial charge in [-0.3, -0.25) is 0 Å². The fraction of sp³-hybridized carbons (Fsp3) is 0.533. The minimum atomic E-state index is -0.0395. The molecular formula is C15H23N3O. The number of nitrogens with two attached hydrogens (primary N) is 1. The Morgan fingerprint density at radius 3 is 2.53 bits per heavy atom. The van der Waals surface area contributed by atoms with Crippen molar-refractivity contribution in [1.29, 1.82) is 0 Å². The average Bonchev–Trinajstić information content (AvgIpc) is 2.42. The minimum absolute atomic E-state index is 0.0395. The molecule has 0 unspecified atom stereocenters. The maximum Gasteiger partial charge on any atom is 0.315 e. The molecule has 1 aliphatic rings. The van der Waals surface area contributed by atoms with Crippen LogP contribution in [-0.4, -0.2) is 18.6 Å². The molecule has 1 aliphatic carbocycles. The Hall–Kier alpha value is -1.71. The number of carbonyl (C=O) groups excluding carboxylic acids is 1. The normalized spacial score (nSPS) is 16.0. The van der Waals surface area contributed by atoms with Gasteiger partial charge in [0.2, 0.25) is 0 Å². The Morgan fingerprint density at radius 1 is 1.16 bits per heavy atom. The second-order valence-corrected chi connectivity index (χ2v) is 5.23. The van der Waals surface area contributed by atoms with Crippen molar-refractivity contribution in [2.75, 3.05) is 12.3 Å². The van der Waals surface area contributed by atoms with Gasteiger partial charge in [-0.25, -0.2) is 4.79 Å². The molecule has 0 heterocycles. The molecule has 19 heavy (non-hydrogen) atoms. The van der Waals surface area contributed by atoms with Crippen LogP contribution < -0.4 is 16.4 Å². The highest BCUT2D eigenvalue weighted by atomic mass is 16.2. The highest BCUT2D eigenvalue weighted by molar-refractivity contribution is 5.74. The summed E-state index contributed by atoms with van der Waals surface area (Å²) >= 11 is 0. The van der Waals surface area contributed by atoms with Crippen LogP contribution in [-0.2, 0) is 6.42 Å². The number of nitrogens with one attached hydrogen (secondary N) is 2. The van der Waals surface area contributed by atoms with Crippen molar-refractivity contribution in [2.24, 2.45) is 0 Å². The van der Waals surface area contributed by atoms with Crippen LogP contribution in [0.4, 0.5) is 10.5 Å². The highest BCUT2D eigenvalue weighted by Crippen LogP contribution is 2.17. The lowest BCUT2D eigenvalue weighted by atomic mass is 9.96. The first-order chi connectivity index (χ1) is 9.24. The van der Waals surface area contributed by atoms with Gasteiger partial charge in [-0.15, -0.1) is 0 Å². The summed E-state index contributed by atoms with van der Waals surface area (Å²) in [6.07, 6.45) is 6.83. The van der Waals surface area contributed by atoms with Crippen molar-refractivity contribution < 1.29 is 4.79 Å². The van der Waals surface area contributed by atoms with E-state index in [1.54, 1.807) is 0 Å². The van der Waals surface area contributed by atoms with Crippen LogP contribution >= 0.6 is 0 Å². The molecule has 1 aromatic carbocycles. The van der Waals surface area contributed by atoms with Crippen LogP contribution in [0.2, 0.25) is 0 Å². The first kappa shape index (κ1) is 13.7. The van der Waals surface area contributed by atoms with E-state index in [1.807, 2.05) is 24.3 Å². The molecule has 0 aliphatic heterocycles. The maximum absolute atomic E-state index is 11.7. The van der Waals surface area contributed by atoms with Crippen molar-refractivity contribution in [3.8, 4) is 0 Å². The number of rotatable bonds is 4. The van der Waals surface area contributed by atoms with Crippen molar-refractivity contribution in [2.45, 2.75) is 44.6 Å². The third-order valence-corrected chi connectivity index (χ3v) is 3.62. The van der Waals surface area contributed by atoms with Gasteiger partial charge >= 0.3 is 6.03 Å². The topological polar surface area (TPSA) is 67.1 Å². The summed E-state index contributed by atoms with van der Waals surface area (Å²) in [5, 5.41) is 5.96. The molecule has 0 saturated heterocycles. The molecule has 0 radical (unpaired) electrons. The molecule has 4 nitrogen and oxygen atoms in total. The molecule has 2 rings (SSSR count). The summed E-state index contributed by atoms with van der Waals surface area (Å²) < 4.78 is 0. The summed E-state index contributed by atoms with van der Waals surface area (Å²) in [5.41, 5.74) is 7.59. The Labute approximate surface area is 114 Å². The molecule has 0 spiro atoms. The Kier molecular flexibility index (Phi) is 5.07. The average molecular weight is 261 g/mol. The smallest absolute Gasteiger partial charge is 0.315 e. The van der Waals surface area contributed by atoms with Gasteiger partial charge in [0, 0.05) is 18.3 Å². The zero-order valence-corrected chi connectivity index (χ0v) is 11.3. The predicted octanol–water partition coefficient (Wildman–Crippen LogP) is 2.44. The second-order valence-electron chi connectivity index (χ2n) is 5.23. The summed E-state index contributed by atoms with van der Waals surface area (Å²) in [6.45, 7) is 0.655. The molecule has 2 amide bonds. The quantitative estimate of drug-likeness (QED) is 0.729. The number of urea groups is 1. The lowest BCUT2D eigenvalue weighted by Gasteiger charge is -2.22. The number of hydrogen-bond donors (Lipinski definition) is 3. The van der Waals surface area contributed by atoms with Gasteiger partial charge in [0.25, 0.3) is 0 Å². The van der Waals surface area contributed by atoms with E-state index in [0.29, 0.717) is 12.6 Å². The van der Waals surface area contributed by atoms with Crippen LogP contribution in [0.15, 0.2) is 24.3 Å². The summed E-state index contributed by atoms with van der Waals surface area (Å²) in [4.78, 5) is 11.7. The molecule has 1 aromatic rings. The minimum Gasteiger partial charge on any atom is -0.399 e. The fourth-order valence-electron chi connectivity index (χ4n) is 2.49. The van der Waals surface area contributed by atoms with Gasteiger partial charge in [0.05, 0.1) is 0 Å². The van der Waals surface area contributed by atoms with E-state index in [1.165, 1.54) is 24.8 Å². The van der Waals surface area contributed by atoms with Crippen molar-refractivity contribution in [3.63, 3.8) is 0 Å². The number of amides is 2. The lowest BCUT2D eigenvalue weighted by molar-refractivity contribution is 0.233. The van der Waals surface area contributed by atoms with Crippen molar-refractivity contribution >= 4 is 11.7 Å². The maximum atomic E-state index is 11.7. The van der Waals surface area contributed by atoms with Gasteiger partial charge in [-0.05, 0) is 37.0 Å².